The van der Waals surface area contributed by atoms with Gasteiger partial charge in [0.25, 0.3) is 5.91 Å². The molecular formula is C16H27N3O. The fourth-order valence-electron chi connectivity index (χ4n) is 3.43. The van der Waals surface area contributed by atoms with Gasteiger partial charge in [-0.25, -0.2) is 0 Å². The van der Waals surface area contributed by atoms with Gasteiger partial charge in [-0.05, 0) is 51.0 Å². The summed E-state index contributed by atoms with van der Waals surface area (Å²) in [6.07, 6.45) is 5.26. The lowest BCUT2D eigenvalue weighted by molar-refractivity contribution is 0.0900. The van der Waals surface area contributed by atoms with Crippen LogP contribution in [0.4, 0.5) is 5.69 Å². The van der Waals surface area contributed by atoms with Crippen molar-refractivity contribution in [1.82, 2.24) is 9.88 Å². The molecule has 4 nitrogen and oxygen atoms in total. The summed E-state index contributed by atoms with van der Waals surface area (Å²) < 4.78 is 1.94. The highest BCUT2D eigenvalue weighted by atomic mass is 16.2. The maximum atomic E-state index is 12.5. The molecular weight excluding hydrogens is 250 g/mol. The summed E-state index contributed by atoms with van der Waals surface area (Å²) in [7, 11) is 0. The summed E-state index contributed by atoms with van der Waals surface area (Å²) in [5.74, 6) is 1.37. The van der Waals surface area contributed by atoms with Gasteiger partial charge in [0.1, 0.15) is 5.69 Å². The lowest BCUT2D eigenvalue weighted by Crippen LogP contribution is -2.40. The molecule has 2 rings (SSSR count). The van der Waals surface area contributed by atoms with E-state index in [0.29, 0.717) is 23.2 Å². The molecule has 0 radical (unpaired) electrons. The van der Waals surface area contributed by atoms with E-state index < -0.39 is 0 Å². The molecule has 1 saturated carbocycles. The summed E-state index contributed by atoms with van der Waals surface area (Å²) in [6, 6.07) is 2.29. The molecule has 0 aliphatic heterocycles. The fourth-order valence-corrected chi connectivity index (χ4v) is 3.43. The third-order valence-corrected chi connectivity index (χ3v) is 4.17. The van der Waals surface area contributed by atoms with Gasteiger partial charge in [-0.1, -0.05) is 13.8 Å². The van der Waals surface area contributed by atoms with E-state index in [9.17, 15) is 4.79 Å². The average molecular weight is 277 g/mol. The van der Waals surface area contributed by atoms with Crippen molar-refractivity contribution in [3.05, 3.63) is 18.0 Å². The number of amides is 1. The predicted octanol–water partition coefficient (Wildman–Crippen LogP) is 3.21. The van der Waals surface area contributed by atoms with Crippen molar-refractivity contribution in [2.75, 3.05) is 5.73 Å². The second kappa shape index (κ2) is 5.90. The number of nitrogens with two attached hydrogens (primary N) is 1. The van der Waals surface area contributed by atoms with Crippen LogP contribution >= 0.6 is 0 Å². The number of carbonyl (C=O) groups is 1. The number of nitrogen functional groups attached to an aromatic ring is 1. The highest BCUT2D eigenvalue weighted by Crippen LogP contribution is 2.28. The summed E-state index contributed by atoms with van der Waals surface area (Å²) in [4.78, 5) is 12.5. The summed E-state index contributed by atoms with van der Waals surface area (Å²) in [6.45, 7) is 8.65. The van der Waals surface area contributed by atoms with Gasteiger partial charge in [-0.2, -0.15) is 0 Å². The van der Waals surface area contributed by atoms with Crippen molar-refractivity contribution in [2.45, 2.75) is 59.0 Å². The molecule has 0 spiro atoms. The maximum Gasteiger partial charge on any atom is 0.268 e. The van der Waals surface area contributed by atoms with E-state index >= 15 is 0 Å². The topological polar surface area (TPSA) is 60.1 Å². The van der Waals surface area contributed by atoms with E-state index in [1.54, 1.807) is 6.07 Å². The van der Waals surface area contributed by atoms with E-state index in [1.807, 2.05) is 10.8 Å². The molecule has 1 amide bonds. The Bertz CT molecular complexity index is 468. The van der Waals surface area contributed by atoms with Crippen LogP contribution in [0, 0.1) is 11.8 Å². The quantitative estimate of drug-likeness (QED) is 0.891. The molecule has 2 unspecified atom stereocenters. The van der Waals surface area contributed by atoms with Crippen molar-refractivity contribution >= 4 is 11.6 Å². The van der Waals surface area contributed by atoms with Crippen LogP contribution < -0.4 is 11.1 Å². The average Bonchev–Trinajstić information content (AvgIpc) is 2.70. The third kappa shape index (κ3) is 3.35. The van der Waals surface area contributed by atoms with Gasteiger partial charge in [0, 0.05) is 18.3 Å². The zero-order valence-electron chi connectivity index (χ0n) is 13.0. The molecule has 3 N–H and O–H groups in total. The number of nitrogens with zero attached hydrogens (tertiary/aromatic N) is 1. The van der Waals surface area contributed by atoms with E-state index in [4.69, 9.17) is 5.73 Å². The molecule has 2 atom stereocenters. The van der Waals surface area contributed by atoms with E-state index in [0.717, 1.165) is 12.8 Å². The smallest absolute Gasteiger partial charge is 0.268 e. The van der Waals surface area contributed by atoms with Gasteiger partial charge in [-0.15, -0.1) is 0 Å². The van der Waals surface area contributed by atoms with Crippen LogP contribution in [-0.4, -0.2) is 16.5 Å². The van der Waals surface area contributed by atoms with Crippen LogP contribution in [-0.2, 0) is 0 Å². The first kappa shape index (κ1) is 14.9. The lowest BCUT2D eigenvalue weighted by Gasteiger charge is -2.32. The standard InChI is InChI=1S/C16H27N3O/c1-10(2)19-9-13(17)8-15(19)16(20)18-14-6-11(3)5-12(4)7-14/h8-12,14H,5-7,17H2,1-4H3,(H,18,20). The monoisotopic (exact) mass is 277 g/mol. The van der Waals surface area contributed by atoms with Gasteiger partial charge in [-0.3, -0.25) is 4.79 Å². The first-order chi connectivity index (χ1) is 9.36. The van der Waals surface area contributed by atoms with Crippen LogP contribution in [0.1, 0.15) is 63.5 Å². The molecule has 0 saturated heterocycles. The fraction of sp³-hybridized carbons (Fsp3) is 0.688. The molecule has 0 bridgehead atoms. The van der Waals surface area contributed by atoms with E-state index in [1.165, 1.54) is 6.42 Å². The van der Waals surface area contributed by atoms with Crippen LogP contribution in [0.15, 0.2) is 12.3 Å². The Hall–Kier alpha value is -1.45. The molecule has 112 valence electrons. The van der Waals surface area contributed by atoms with Crippen LogP contribution in [0.2, 0.25) is 0 Å². The van der Waals surface area contributed by atoms with Crippen LogP contribution in [0.25, 0.3) is 0 Å². The number of aromatic nitrogens is 1. The van der Waals surface area contributed by atoms with Crippen molar-refractivity contribution in [2.24, 2.45) is 11.8 Å². The molecule has 0 aromatic carbocycles. The minimum absolute atomic E-state index is 0.00157. The van der Waals surface area contributed by atoms with E-state index in [2.05, 4.69) is 33.0 Å². The molecule has 20 heavy (non-hydrogen) atoms. The SMILES string of the molecule is CC1CC(C)CC(NC(=O)c2cc(N)cn2C(C)C)C1. The number of anilines is 1. The van der Waals surface area contributed by atoms with Crippen molar-refractivity contribution < 1.29 is 4.79 Å². The van der Waals surface area contributed by atoms with E-state index in [-0.39, 0.29) is 18.0 Å². The Morgan fingerprint density at radius 2 is 1.90 bits per heavy atom. The Labute approximate surface area is 121 Å². The molecule has 1 aromatic rings. The molecule has 1 fully saturated rings. The van der Waals surface area contributed by atoms with Crippen molar-refractivity contribution in [3.63, 3.8) is 0 Å². The first-order valence-electron chi connectivity index (χ1n) is 7.65. The second-order valence-corrected chi connectivity index (χ2v) is 6.75. The summed E-state index contributed by atoms with van der Waals surface area (Å²) in [5, 5.41) is 3.19. The number of carbonyl (C=O) groups excluding carboxylic acids is 1. The van der Waals surface area contributed by atoms with Gasteiger partial charge < -0.3 is 15.6 Å². The highest BCUT2D eigenvalue weighted by Gasteiger charge is 2.26. The number of nitrogens with one attached hydrogen (secondary N) is 1. The zero-order chi connectivity index (χ0) is 14.9. The highest BCUT2D eigenvalue weighted by molar-refractivity contribution is 5.94. The van der Waals surface area contributed by atoms with Gasteiger partial charge >= 0.3 is 0 Å². The van der Waals surface area contributed by atoms with Crippen molar-refractivity contribution in [1.29, 1.82) is 0 Å². The number of hydrogen-bond acceptors (Lipinski definition) is 2. The van der Waals surface area contributed by atoms with Crippen molar-refractivity contribution in [3.8, 4) is 0 Å². The molecule has 1 aliphatic rings. The van der Waals surface area contributed by atoms with Crippen LogP contribution in [0.5, 0.6) is 0 Å². The third-order valence-electron chi connectivity index (χ3n) is 4.17. The Balaban J connectivity index is 2.08. The zero-order valence-corrected chi connectivity index (χ0v) is 13.0. The van der Waals surface area contributed by atoms with Gasteiger partial charge in [0.05, 0.1) is 5.69 Å². The maximum absolute atomic E-state index is 12.5. The van der Waals surface area contributed by atoms with Gasteiger partial charge in [0.2, 0.25) is 0 Å². The molecule has 1 heterocycles. The Kier molecular flexibility index (Phi) is 4.41. The Morgan fingerprint density at radius 3 is 2.45 bits per heavy atom. The molecule has 4 heteroatoms. The first-order valence-corrected chi connectivity index (χ1v) is 7.65. The van der Waals surface area contributed by atoms with Gasteiger partial charge in [0.15, 0.2) is 0 Å². The second-order valence-electron chi connectivity index (χ2n) is 6.75. The number of hydrogen-bond donors (Lipinski definition) is 2. The summed E-state index contributed by atoms with van der Waals surface area (Å²) in [5.41, 5.74) is 7.15. The normalized spacial score (nSPS) is 26.8. The largest absolute Gasteiger partial charge is 0.397 e. The molecule has 1 aliphatic carbocycles. The minimum atomic E-state index is 0.00157. The lowest BCUT2D eigenvalue weighted by atomic mass is 9.80. The summed E-state index contributed by atoms with van der Waals surface area (Å²) >= 11 is 0. The Morgan fingerprint density at radius 1 is 1.30 bits per heavy atom. The van der Waals surface area contributed by atoms with Crippen LogP contribution in [0.3, 0.4) is 0 Å². The number of rotatable bonds is 3. The predicted molar refractivity (Wildman–Crippen MR) is 82.7 cm³/mol. The minimum Gasteiger partial charge on any atom is -0.397 e. The molecule has 1 aromatic heterocycles.